The molecule has 0 saturated heterocycles. The first-order valence-electron chi connectivity index (χ1n) is 6.92. The number of fused-ring (bicyclic) bond motifs is 1. The SMILES string of the molecule is CC1CCCN(Cc2nncn2C)c2ccccc21. The second-order valence-electron chi connectivity index (χ2n) is 5.38. The molecule has 19 heavy (non-hydrogen) atoms. The number of hydrogen-bond acceptors (Lipinski definition) is 3. The van der Waals surface area contributed by atoms with Crippen LogP contribution in [-0.4, -0.2) is 21.3 Å². The van der Waals surface area contributed by atoms with Gasteiger partial charge in [-0.05, 0) is 30.4 Å². The second-order valence-corrected chi connectivity index (χ2v) is 5.38. The van der Waals surface area contributed by atoms with E-state index in [1.54, 1.807) is 6.33 Å². The molecule has 0 bridgehead atoms. The van der Waals surface area contributed by atoms with Crippen LogP contribution >= 0.6 is 0 Å². The smallest absolute Gasteiger partial charge is 0.152 e. The summed E-state index contributed by atoms with van der Waals surface area (Å²) in [5.74, 6) is 1.66. The topological polar surface area (TPSA) is 34.0 Å². The third kappa shape index (κ3) is 2.35. The van der Waals surface area contributed by atoms with Gasteiger partial charge in [0, 0.05) is 19.3 Å². The predicted octanol–water partition coefficient (Wildman–Crippen LogP) is 2.72. The molecule has 0 N–H and O–H groups in total. The zero-order valence-corrected chi connectivity index (χ0v) is 11.6. The molecule has 4 nitrogen and oxygen atoms in total. The molecule has 1 unspecified atom stereocenters. The van der Waals surface area contributed by atoms with E-state index in [0.29, 0.717) is 5.92 Å². The van der Waals surface area contributed by atoms with Crippen LogP contribution in [0, 0.1) is 0 Å². The molecule has 0 fully saturated rings. The normalized spacial score (nSPS) is 19.1. The maximum Gasteiger partial charge on any atom is 0.152 e. The van der Waals surface area contributed by atoms with Crippen LogP contribution in [0.3, 0.4) is 0 Å². The van der Waals surface area contributed by atoms with Crippen LogP contribution in [-0.2, 0) is 13.6 Å². The highest BCUT2D eigenvalue weighted by molar-refractivity contribution is 5.55. The van der Waals surface area contributed by atoms with Crippen molar-refractivity contribution in [1.82, 2.24) is 14.8 Å². The van der Waals surface area contributed by atoms with Crippen molar-refractivity contribution in [3.05, 3.63) is 42.0 Å². The summed E-state index contributed by atoms with van der Waals surface area (Å²) in [4.78, 5) is 2.43. The van der Waals surface area contributed by atoms with E-state index in [4.69, 9.17) is 0 Å². The first-order valence-corrected chi connectivity index (χ1v) is 6.92. The third-order valence-electron chi connectivity index (χ3n) is 4.01. The summed E-state index contributed by atoms with van der Waals surface area (Å²) < 4.78 is 2.00. The van der Waals surface area contributed by atoms with Crippen LogP contribution in [0.4, 0.5) is 5.69 Å². The largest absolute Gasteiger partial charge is 0.364 e. The number of rotatable bonds is 2. The first kappa shape index (κ1) is 12.2. The highest BCUT2D eigenvalue weighted by atomic mass is 15.3. The Morgan fingerprint density at radius 1 is 1.32 bits per heavy atom. The molecule has 0 saturated carbocycles. The van der Waals surface area contributed by atoms with E-state index in [2.05, 4.69) is 46.3 Å². The molecule has 1 aliphatic rings. The highest BCUT2D eigenvalue weighted by Crippen LogP contribution is 2.34. The Balaban J connectivity index is 1.93. The van der Waals surface area contributed by atoms with Gasteiger partial charge in [0.2, 0.25) is 0 Å². The van der Waals surface area contributed by atoms with Crippen LogP contribution in [0.1, 0.15) is 37.1 Å². The molecule has 100 valence electrons. The average Bonchev–Trinajstić information content (AvgIpc) is 2.75. The molecule has 1 aromatic heterocycles. The molecular weight excluding hydrogens is 236 g/mol. The quantitative estimate of drug-likeness (QED) is 0.828. The molecule has 1 aromatic carbocycles. The Bertz CT molecular complexity index is 561. The zero-order valence-electron chi connectivity index (χ0n) is 11.6. The summed E-state index contributed by atoms with van der Waals surface area (Å²) in [5.41, 5.74) is 2.82. The predicted molar refractivity (Wildman–Crippen MR) is 76.1 cm³/mol. The number of aromatic nitrogens is 3. The molecule has 2 heterocycles. The van der Waals surface area contributed by atoms with E-state index >= 15 is 0 Å². The second kappa shape index (κ2) is 5.03. The summed E-state index contributed by atoms with van der Waals surface area (Å²) >= 11 is 0. The Morgan fingerprint density at radius 2 is 2.16 bits per heavy atom. The summed E-state index contributed by atoms with van der Waals surface area (Å²) in [7, 11) is 2.00. The van der Waals surface area contributed by atoms with E-state index < -0.39 is 0 Å². The molecular formula is C15H20N4. The van der Waals surface area contributed by atoms with Gasteiger partial charge in [-0.15, -0.1) is 10.2 Å². The number of hydrogen-bond donors (Lipinski definition) is 0. The molecule has 4 heteroatoms. The minimum Gasteiger partial charge on any atom is -0.364 e. The molecule has 0 spiro atoms. The van der Waals surface area contributed by atoms with Crippen LogP contribution in [0.25, 0.3) is 0 Å². The Hall–Kier alpha value is -1.84. The number of anilines is 1. The fraction of sp³-hybridized carbons (Fsp3) is 0.467. The van der Waals surface area contributed by atoms with Gasteiger partial charge < -0.3 is 9.47 Å². The van der Waals surface area contributed by atoms with Crippen molar-refractivity contribution in [2.24, 2.45) is 7.05 Å². The third-order valence-corrected chi connectivity index (χ3v) is 4.01. The van der Waals surface area contributed by atoms with Crippen LogP contribution < -0.4 is 4.90 Å². The monoisotopic (exact) mass is 256 g/mol. The van der Waals surface area contributed by atoms with Crippen molar-refractivity contribution >= 4 is 5.69 Å². The molecule has 1 aliphatic heterocycles. The van der Waals surface area contributed by atoms with Gasteiger partial charge in [-0.25, -0.2) is 0 Å². The van der Waals surface area contributed by atoms with Crippen LogP contribution in [0.15, 0.2) is 30.6 Å². The van der Waals surface area contributed by atoms with E-state index in [1.807, 2.05) is 11.6 Å². The van der Waals surface area contributed by atoms with Crippen molar-refractivity contribution in [1.29, 1.82) is 0 Å². The van der Waals surface area contributed by atoms with Gasteiger partial charge in [0.25, 0.3) is 0 Å². The lowest BCUT2D eigenvalue weighted by Gasteiger charge is -2.24. The minimum atomic E-state index is 0.640. The number of nitrogens with zero attached hydrogens (tertiary/aromatic N) is 4. The van der Waals surface area contributed by atoms with Crippen molar-refractivity contribution in [2.75, 3.05) is 11.4 Å². The zero-order chi connectivity index (χ0) is 13.2. The van der Waals surface area contributed by atoms with Crippen molar-refractivity contribution in [2.45, 2.75) is 32.2 Å². The van der Waals surface area contributed by atoms with Crippen LogP contribution in [0.5, 0.6) is 0 Å². The minimum absolute atomic E-state index is 0.640. The fourth-order valence-electron chi connectivity index (χ4n) is 2.84. The fourth-order valence-corrected chi connectivity index (χ4v) is 2.84. The van der Waals surface area contributed by atoms with E-state index in [0.717, 1.165) is 18.9 Å². The molecule has 0 amide bonds. The lowest BCUT2D eigenvalue weighted by Crippen LogP contribution is -2.25. The Kier molecular flexibility index (Phi) is 3.23. The van der Waals surface area contributed by atoms with Gasteiger partial charge in [-0.1, -0.05) is 25.1 Å². The number of para-hydroxylation sites is 1. The van der Waals surface area contributed by atoms with Crippen molar-refractivity contribution < 1.29 is 0 Å². The summed E-state index contributed by atoms with van der Waals surface area (Å²) in [6.07, 6.45) is 4.25. The highest BCUT2D eigenvalue weighted by Gasteiger charge is 2.20. The van der Waals surface area contributed by atoms with Crippen molar-refractivity contribution in [3.8, 4) is 0 Å². The van der Waals surface area contributed by atoms with Crippen LogP contribution in [0.2, 0.25) is 0 Å². The molecule has 2 aromatic rings. The van der Waals surface area contributed by atoms with Crippen molar-refractivity contribution in [3.63, 3.8) is 0 Å². The van der Waals surface area contributed by atoms with Gasteiger partial charge in [0.15, 0.2) is 5.82 Å². The number of benzene rings is 1. The van der Waals surface area contributed by atoms with E-state index in [-0.39, 0.29) is 0 Å². The molecule has 3 rings (SSSR count). The summed E-state index contributed by atoms with van der Waals surface area (Å²) in [6.45, 7) is 4.25. The number of aryl methyl sites for hydroxylation is 1. The average molecular weight is 256 g/mol. The summed E-state index contributed by atoms with van der Waals surface area (Å²) in [6, 6.07) is 8.75. The standard InChI is InChI=1S/C15H20N4/c1-12-6-5-9-19(10-15-17-16-11-18(15)2)14-8-4-3-7-13(12)14/h3-4,7-8,11-12H,5-6,9-10H2,1-2H3. The van der Waals surface area contributed by atoms with Gasteiger partial charge in [0.1, 0.15) is 6.33 Å². The van der Waals surface area contributed by atoms with Gasteiger partial charge in [-0.3, -0.25) is 0 Å². The Labute approximate surface area is 114 Å². The van der Waals surface area contributed by atoms with Gasteiger partial charge in [0.05, 0.1) is 6.54 Å². The Morgan fingerprint density at radius 3 is 2.95 bits per heavy atom. The van der Waals surface area contributed by atoms with E-state index in [1.165, 1.54) is 24.1 Å². The van der Waals surface area contributed by atoms with Gasteiger partial charge >= 0.3 is 0 Å². The molecule has 0 radical (unpaired) electrons. The maximum absolute atomic E-state index is 4.20. The molecule has 0 aliphatic carbocycles. The van der Waals surface area contributed by atoms with E-state index in [9.17, 15) is 0 Å². The lowest BCUT2D eigenvalue weighted by molar-refractivity contribution is 0.636. The molecule has 1 atom stereocenters. The summed E-state index contributed by atoms with van der Waals surface area (Å²) in [5, 5.41) is 8.17. The first-order chi connectivity index (χ1) is 9.25. The lowest BCUT2D eigenvalue weighted by atomic mass is 9.96. The maximum atomic E-state index is 4.20. The van der Waals surface area contributed by atoms with Gasteiger partial charge in [-0.2, -0.15) is 0 Å².